The lowest BCUT2D eigenvalue weighted by Crippen LogP contribution is -2.16. The van der Waals surface area contributed by atoms with Crippen molar-refractivity contribution < 1.29 is 4.39 Å². The van der Waals surface area contributed by atoms with Gasteiger partial charge in [-0.2, -0.15) is 0 Å². The number of nitrogens with one attached hydrogen (secondary N) is 1. The van der Waals surface area contributed by atoms with Crippen molar-refractivity contribution in [2.24, 2.45) is 0 Å². The van der Waals surface area contributed by atoms with Crippen LogP contribution in [0.5, 0.6) is 0 Å². The number of rotatable bonds is 5. The zero-order valence-electron chi connectivity index (χ0n) is 9.12. The molecule has 2 nitrogen and oxygen atoms in total. The fraction of sp³-hybridized carbons (Fsp3) is 0.250. The standard InChI is InChI=1S/C12H12ClFN2S/c13-10-2-1-9(7-11(10)14)8-15-4-3-12-16-5-6-17-12/h1-2,5-7,15H,3-4,8H2. The summed E-state index contributed by atoms with van der Waals surface area (Å²) >= 11 is 7.25. The molecule has 0 fully saturated rings. The Balaban J connectivity index is 1.76. The molecule has 0 amide bonds. The van der Waals surface area contributed by atoms with E-state index in [9.17, 15) is 4.39 Å². The van der Waals surface area contributed by atoms with Crippen LogP contribution in [0.2, 0.25) is 5.02 Å². The zero-order valence-corrected chi connectivity index (χ0v) is 10.7. The Morgan fingerprint density at radius 3 is 3.00 bits per heavy atom. The Morgan fingerprint density at radius 1 is 1.41 bits per heavy atom. The summed E-state index contributed by atoms with van der Waals surface area (Å²) in [5.41, 5.74) is 0.894. The van der Waals surface area contributed by atoms with Gasteiger partial charge in [0, 0.05) is 31.1 Å². The molecule has 0 saturated heterocycles. The van der Waals surface area contributed by atoms with Crippen molar-refractivity contribution in [2.45, 2.75) is 13.0 Å². The normalized spacial score (nSPS) is 10.7. The SMILES string of the molecule is Fc1cc(CNCCc2nccs2)ccc1Cl. The van der Waals surface area contributed by atoms with Gasteiger partial charge in [-0.05, 0) is 17.7 Å². The molecule has 2 aromatic rings. The van der Waals surface area contributed by atoms with Crippen LogP contribution in [0, 0.1) is 5.82 Å². The molecule has 0 aliphatic rings. The van der Waals surface area contributed by atoms with Crippen LogP contribution in [0.3, 0.4) is 0 Å². The second-order valence-electron chi connectivity index (χ2n) is 3.60. The van der Waals surface area contributed by atoms with Crippen LogP contribution in [0.15, 0.2) is 29.8 Å². The van der Waals surface area contributed by atoms with E-state index in [1.54, 1.807) is 23.6 Å². The summed E-state index contributed by atoms with van der Waals surface area (Å²) in [5, 5.41) is 6.48. The maximum atomic E-state index is 13.1. The number of halogens is 2. The first-order chi connectivity index (χ1) is 8.25. The monoisotopic (exact) mass is 270 g/mol. The predicted molar refractivity (Wildman–Crippen MR) is 68.9 cm³/mol. The van der Waals surface area contributed by atoms with E-state index in [1.165, 1.54) is 6.07 Å². The van der Waals surface area contributed by atoms with E-state index in [2.05, 4.69) is 10.3 Å². The zero-order chi connectivity index (χ0) is 12.1. The fourth-order valence-electron chi connectivity index (χ4n) is 1.45. The molecule has 0 radical (unpaired) electrons. The Kier molecular flexibility index (Phi) is 4.48. The van der Waals surface area contributed by atoms with Gasteiger partial charge in [-0.1, -0.05) is 17.7 Å². The Hall–Kier alpha value is -0.970. The molecule has 0 unspecified atom stereocenters. The molecule has 90 valence electrons. The summed E-state index contributed by atoms with van der Waals surface area (Å²) in [4.78, 5) is 4.19. The minimum atomic E-state index is -0.370. The first kappa shape index (κ1) is 12.5. The van der Waals surface area contributed by atoms with E-state index in [0.29, 0.717) is 6.54 Å². The Bertz CT molecular complexity index is 473. The minimum Gasteiger partial charge on any atom is -0.312 e. The lowest BCUT2D eigenvalue weighted by atomic mass is 10.2. The molecule has 0 saturated carbocycles. The van der Waals surface area contributed by atoms with Crippen molar-refractivity contribution >= 4 is 22.9 Å². The summed E-state index contributed by atoms with van der Waals surface area (Å²) in [6, 6.07) is 4.86. The van der Waals surface area contributed by atoms with Crippen LogP contribution < -0.4 is 5.32 Å². The molecule has 0 spiro atoms. The summed E-state index contributed by atoms with van der Waals surface area (Å²) in [5.74, 6) is -0.370. The summed E-state index contributed by atoms with van der Waals surface area (Å²) in [7, 11) is 0. The second kappa shape index (κ2) is 6.10. The van der Waals surface area contributed by atoms with Crippen LogP contribution in [0.4, 0.5) is 4.39 Å². The molecule has 0 aliphatic heterocycles. The molecule has 1 aromatic carbocycles. The molecule has 17 heavy (non-hydrogen) atoms. The van der Waals surface area contributed by atoms with Crippen LogP contribution in [0.25, 0.3) is 0 Å². The average molecular weight is 271 g/mol. The summed E-state index contributed by atoms with van der Waals surface area (Å²) < 4.78 is 13.1. The third-order valence-corrected chi connectivity index (χ3v) is 3.46. The highest BCUT2D eigenvalue weighted by Crippen LogP contribution is 2.15. The second-order valence-corrected chi connectivity index (χ2v) is 4.99. The van der Waals surface area contributed by atoms with E-state index in [0.717, 1.165) is 23.5 Å². The van der Waals surface area contributed by atoms with Gasteiger partial charge in [0.2, 0.25) is 0 Å². The Morgan fingerprint density at radius 2 is 2.29 bits per heavy atom. The number of benzene rings is 1. The van der Waals surface area contributed by atoms with Crippen LogP contribution >= 0.6 is 22.9 Å². The van der Waals surface area contributed by atoms with Gasteiger partial charge >= 0.3 is 0 Å². The molecular weight excluding hydrogens is 259 g/mol. The topological polar surface area (TPSA) is 24.9 Å². The van der Waals surface area contributed by atoms with Gasteiger partial charge in [-0.3, -0.25) is 0 Å². The first-order valence-electron chi connectivity index (χ1n) is 5.29. The Labute approximate surface area is 108 Å². The van der Waals surface area contributed by atoms with Gasteiger partial charge in [-0.25, -0.2) is 9.37 Å². The summed E-state index contributed by atoms with van der Waals surface area (Å²) in [6.45, 7) is 1.47. The number of thiazole rings is 1. The minimum absolute atomic E-state index is 0.163. The number of hydrogen-bond acceptors (Lipinski definition) is 3. The van der Waals surface area contributed by atoms with Crippen molar-refractivity contribution in [2.75, 3.05) is 6.54 Å². The van der Waals surface area contributed by atoms with E-state index in [4.69, 9.17) is 11.6 Å². The number of nitrogens with zero attached hydrogens (tertiary/aromatic N) is 1. The van der Waals surface area contributed by atoms with Crippen molar-refractivity contribution in [1.82, 2.24) is 10.3 Å². The molecule has 0 atom stereocenters. The highest BCUT2D eigenvalue weighted by atomic mass is 35.5. The van der Waals surface area contributed by atoms with E-state index >= 15 is 0 Å². The third kappa shape index (κ3) is 3.77. The quantitative estimate of drug-likeness (QED) is 0.844. The van der Waals surface area contributed by atoms with Gasteiger partial charge in [-0.15, -0.1) is 11.3 Å². The lowest BCUT2D eigenvalue weighted by molar-refractivity contribution is 0.620. The average Bonchev–Trinajstić information content (AvgIpc) is 2.82. The third-order valence-electron chi connectivity index (χ3n) is 2.31. The maximum Gasteiger partial charge on any atom is 0.142 e. The van der Waals surface area contributed by atoms with Crippen molar-refractivity contribution in [1.29, 1.82) is 0 Å². The van der Waals surface area contributed by atoms with Crippen molar-refractivity contribution in [3.63, 3.8) is 0 Å². The summed E-state index contributed by atoms with van der Waals surface area (Å²) in [6.07, 6.45) is 2.70. The van der Waals surface area contributed by atoms with Gasteiger partial charge in [0.05, 0.1) is 10.0 Å². The molecule has 2 rings (SSSR count). The molecule has 1 heterocycles. The molecule has 1 aromatic heterocycles. The van der Waals surface area contributed by atoms with Crippen molar-refractivity contribution in [3.05, 3.63) is 51.2 Å². The predicted octanol–water partition coefficient (Wildman–Crippen LogP) is 3.27. The van der Waals surface area contributed by atoms with Crippen LogP contribution in [0.1, 0.15) is 10.6 Å². The van der Waals surface area contributed by atoms with Crippen LogP contribution in [-0.4, -0.2) is 11.5 Å². The highest BCUT2D eigenvalue weighted by molar-refractivity contribution is 7.09. The molecular formula is C12H12ClFN2S. The van der Waals surface area contributed by atoms with E-state index in [1.807, 2.05) is 11.4 Å². The largest absolute Gasteiger partial charge is 0.312 e. The molecule has 0 bridgehead atoms. The molecule has 5 heteroatoms. The van der Waals surface area contributed by atoms with Crippen LogP contribution in [-0.2, 0) is 13.0 Å². The molecule has 1 N–H and O–H groups in total. The fourth-order valence-corrected chi connectivity index (χ4v) is 2.19. The number of aromatic nitrogens is 1. The van der Waals surface area contributed by atoms with Gasteiger partial charge in [0.25, 0.3) is 0 Å². The maximum absolute atomic E-state index is 13.1. The first-order valence-corrected chi connectivity index (χ1v) is 6.54. The van der Waals surface area contributed by atoms with E-state index in [-0.39, 0.29) is 10.8 Å². The van der Waals surface area contributed by atoms with Gasteiger partial charge < -0.3 is 5.32 Å². The number of hydrogen-bond donors (Lipinski definition) is 1. The molecule has 0 aliphatic carbocycles. The van der Waals surface area contributed by atoms with Gasteiger partial charge in [0.15, 0.2) is 0 Å². The van der Waals surface area contributed by atoms with Crippen molar-refractivity contribution in [3.8, 4) is 0 Å². The highest BCUT2D eigenvalue weighted by Gasteiger charge is 2.01. The lowest BCUT2D eigenvalue weighted by Gasteiger charge is -2.04. The van der Waals surface area contributed by atoms with Gasteiger partial charge in [0.1, 0.15) is 5.82 Å². The van der Waals surface area contributed by atoms with E-state index < -0.39 is 0 Å². The smallest absolute Gasteiger partial charge is 0.142 e.